The van der Waals surface area contributed by atoms with E-state index in [0.717, 1.165) is 77.0 Å². The zero-order chi connectivity index (χ0) is 59.9. The molecule has 484 valence electrons. The van der Waals surface area contributed by atoms with Crippen LogP contribution in [0.3, 0.4) is 0 Å². The van der Waals surface area contributed by atoms with Crippen LogP contribution in [0.15, 0.2) is 60.8 Å². The molecule has 0 aliphatic rings. The van der Waals surface area contributed by atoms with E-state index in [0.29, 0.717) is 19.3 Å². The van der Waals surface area contributed by atoms with Crippen LogP contribution in [0.5, 0.6) is 0 Å². The fourth-order valence-electron chi connectivity index (χ4n) is 11.1. The Labute approximate surface area is 517 Å². The third-order valence-corrected chi connectivity index (χ3v) is 16.5. The van der Waals surface area contributed by atoms with Crippen molar-refractivity contribution in [3.63, 3.8) is 0 Å². The molecule has 0 aromatic rings. The Kier molecular flexibility index (Phi) is 69.1. The molecule has 1 atom stereocenters. The average molecular weight is 1160 g/mol. The van der Waals surface area contributed by atoms with E-state index in [2.05, 4.69) is 81.5 Å². The SMILES string of the molecule is CC/C=C\C/C=C\C/C=C\C/C=C\C/C=C\CCCC(=O)OC(COC(=O)CCCCCCCCCCCCCCCCC)COC(=O)CCCCCCCCCCCCCCCCCCCCCCCCCCCCCCCCCCC. The first-order chi connectivity index (χ1) is 41.0. The molecule has 0 radical (unpaired) electrons. The van der Waals surface area contributed by atoms with Crippen LogP contribution in [-0.4, -0.2) is 37.2 Å². The maximum absolute atomic E-state index is 12.9. The number of rotatable bonds is 68. The van der Waals surface area contributed by atoms with Crippen LogP contribution in [0.2, 0.25) is 0 Å². The maximum Gasteiger partial charge on any atom is 0.306 e. The summed E-state index contributed by atoms with van der Waals surface area (Å²) in [6.45, 7) is 6.55. The highest BCUT2D eigenvalue weighted by Crippen LogP contribution is 2.19. The first-order valence-corrected chi connectivity index (χ1v) is 36.8. The Hall–Kier alpha value is -2.89. The van der Waals surface area contributed by atoms with Crippen LogP contribution in [0.1, 0.15) is 393 Å². The molecule has 0 saturated carbocycles. The molecule has 0 amide bonds. The molecule has 0 heterocycles. The van der Waals surface area contributed by atoms with Gasteiger partial charge in [-0.15, -0.1) is 0 Å². The minimum Gasteiger partial charge on any atom is -0.462 e. The quantitative estimate of drug-likeness (QED) is 0.0261. The molecule has 6 heteroatoms. The number of esters is 3. The number of carbonyl (C=O) groups is 3. The van der Waals surface area contributed by atoms with Crippen LogP contribution in [0.4, 0.5) is 0 Å². The van der Waals surface area contributed by atoms with Gasteiger partial charge in [0.05, 0.1) is 0 Å². The molecule has 0 aromatic carbocycles. The van der Waals surface area contributed by atoms with Crippen molar-refractivity contribution in [3.05, 3.63) is 60.8 Å². The number of hydrogen-bond acceptors (Lipinski definition) is 6. The fourth-order valence-corrected chi connectivity index (χ4v) is 11.1. The van der Waals surface area contributed by atoms with Crippen molar-refractivity contribution in [2.45, 2.75) is 399 Å². The second-order valence-electron chi connectivity index (χ2n) is 24.8. The van der Waals surface area contributed by atoms with Gasteiger partial charge in [0.2, 0.25) is 0 Å². The third kappa shape index (κ3) is 69.8. The lowest BCUT2D eigenvalue weighted by Crippen LogP contribution is -2.30. The van der Waals surface area contributed by atoms with E-state index in [1.807, 2.05) is 0 Å². The van der Waals surface area contributed by atoms with Gasteiger partial charge in [-0.05, 0) is 57.8 Å². The monoisotopic (exact) mass is 1160 g/mol. The second-order valence-corrected chi connectivity index (χ2v) is 24.8. The molecule has 0 bridgehead atoms. The standard InChI is InChI=1S/C77H140O6/c1-4-7-10-13-16-19-22-25-28-30-31-32-33-34-35-36-37-38-39-40-41-42-43-44-45-47-49-52-55-58-61-64-67-70-76(79)82-73-74(72-81-75(78)69-66-63-60-57-54-51-48-27-24-21-18-15-12-9-6-3)83-77(80)71-68-65-62-59-56-53-50-46-29-26-23-20-17-14-11-8-5-2/h8,11,17,20,26,29,50,53,59,62,74H,4-7,9-10,12-16,18-19,21-25,27-28,30-49,51-52,54-58,60-61,63-73H2,1-3H3/b11-8-,20-17-,29-26-,53-50-,62-59-. The van der Waals surface area contributed by atoms with Crippen LogP contribution in [0, 0.1) is 0 Å². The second kappa shape index (κ2) is 71.6. The molecule has 0 N–H and O–H groups in total. The fraction of sp³-hybridized carbons (Fsp3) is 0.831. The van der Waals surface area contributed by atoms with Gasteiger partial charge in [-0.2, -0.15) is 0 Å². The molecule has 0 aliphatic carbocycles. The van der Waals surface area contributed by atoms with Crippen molar-refractivity contribution in [1.29, 1.82) is 0 Å². The summed E-state index contributed by atoms with van der Waals surface area (Å²) >= 11 is 0. The predicted octanol–water partition coefficient (Wildman–Crippen LogP) is 25.5. The first-order valence-electron chi connectivity index (χ1n) is 36.8. The molecule has 0 aromatic heterocycles. The van der Waals surface area contributed by atoms with Crippen molar-refractivity contribution >= 4 is 17.9 Å². The highest BCUT2D eigenvalue weighted by molar-refractivity contribution is 5.71. The molecule has 1 unspecified atom stereocenters. The summed E-state index contributed by atoms with van der Waals surface area (Å²) in [7, 11) is 0. The van der Waals surface area contributed by atoms with Gasteiger partial charge < -0.3 is 14.2 Å². The summed E-state index contributed by atoms with van der Waals surface area (Å²) in [5, 5.41) is 0. The highest BCUT2D eigenvalue weighted by atomic mass is 16.6. The summed E-state index contributed by atoms with van der Waals surface area (Å²) in [6, 6.07) is 0. The van der Waals surface area contributed by atoms with Gasteiger partial charge in [-0.25, -0.2) is 0 Å². The Balaban J connectivity index is 4.17. The highest BCUT2D eigenvalue weighted by Gasteiger charge is 2.19. The Morgan fingerprint density at radius 3 is 0.723 bits per heavy atom. The third-order valence-electron chi connectivity index (χ3n) is 16.5. The van der Waals surface area contributed by atoms with E-state index in [1.54, 1.807) is 0 Å². The van der Waals surface area contributed by atoms with E-state index in [4.69, 9.17) is 14.2 Å². The van der Waals surface area contributed by atoms with Crippen LogP contribution in [-0.2, 0) is 28.6 Å². The molecule has 0 saturated heterocycles. The van der Waals surface area contributed by atoms with Gasteiger partial charge in [0.1, 0.15) is 13.2 Å². The average Bonchev–Trinajstić information content (AvgIpc) is 3.49. The van der Waals surface area contributed by atoms with E-state index < -0.39 is 6.10 Å². The van der Waals surface area contributed by atoms with E-state index in [1.165, 1.54) is 270 Å². The predicted molar refractivity (Wildman–Crippen MR) is 362 cm³/mol. The molecule has 0 fully saturated rings. The van der Waals surface area contributed by atoms with Crippen LogP contribution >= 0.6 is 0 Å². The van der Waals surface area contributed by atoms with E-state index in [9.17, 15) is 14.4 Å². The van der Waals surface area contributed by atoms with Crippen molar-refractivity contribution in [3.8, 4) is 0 Å². The zero-order valence-corrected chi connectivity index (χ0v) is 55.7. The van der Waals surface area contributed by atoms with Crippen molar-refractivity contribution in [1.82, 2.24) is 0 Å². The lowest BCUT2D eigenvalue weighted by atomic mass is 10.0. The number of unbranched alkanes of at least 4 members (excludes halogenated alkanes) is 47. The van der Waals surface area contributed by atoms with Crippen LogP contribution < -0.4 is 0 Å². The maximum atomic E-state index is 12.9. The molecule has 6 nitrogen and oxygen atoms in total. The summed E-state index contributed by atoms with van der Waals surface area (Å²) < 4.78 is 16.9. The van der Waals surface area contributed by atoms with Gasteiger partial charge in [0.25, 0.3) is 0 Å². The zero-order valence-electron chi connectivity index (χ0n) is 55.7. The number of ether oxygens (including phenoxy) is 3. The van der Waals surface area contributed by atoms with Crippen molar-refractivity contribution in [2.24, 2.45) is 0 Å². The summed E-state index contributed by atoms with van der Waals surface area (Å²) in [4.78, 5) is 38.4. The van der Waals surface area contributed by atoms with Gasteiger partial charge in [-0.1, -0.05) is 377 Å². The van der Waals surface area contributed by atoms with E-state index in [-0.39, 0.29) is 37.5 Å². The molecule has 0 aliphatic heterocycles. The van der Waals surface area contributed by atoms with E-state index >= 15 is 0 Å². The lowest BCUT2D eigenvalue weighted by Gasteiger charge is -2.18. The van der Waals surface area contributed by atoms with Gasteiger partial charge in [0, 0.05) is 19.3 Å². The number of hydrogen-bond donors (Lipinski definition) is 0. The topological polar surface area (TPSA) is 78.9 Å². The van der Waals surface area contributed by atoms with Gasteiger partial charge >= 0.3 is 17.9 Å². The normalized spacial score (nSPS) is 12.4. The van der Waals surface area contributed by atoms with Crippen LogP contribution in [0.25, 0.3) is 0 Å². The molecular weight excluding hydrogens is 1020 g/mol. The van der Waals surface area contributed by atoms with Crippen molar-refractivity contribution in [2.75, 3.05) is 13.2 Å². The largest absolute Gasteiger partial charge is 0.462 e. The minimum atomic E-state index is -0.803. The summed E-state index contributed by atoms with van der Waals surface area (Å²) in [5.41, 5.74) is 0. The summed E-state index contributed by atoms with van der Waals surface area (Å²) in [5.74, 6) is -0.926. The molecule has 0 spiro atoms. The van der Waals surface area contributed by atoms with Gasteiger partial charge in [0.15, 0.2) is 6.10 Å². The smallest absolute Gasteiger partial charge is 0.306 e. The number of carbonyl (C=O) groups excluding carboxylic acids is 3. The lowest BCUT2D eigenvalue weighted by molar-refractivity contribution is -0.167. The molecule has 83 heavy (non-hydrogen) atoms. The van der Waals surface area contributed by atoms with Gasteiger partial charge in [-0.3, -0.25) is 14.4 Å². The first kappa shape index (κ1) is 80.1. The Morgan fingerprint density at radius 1 is 0.253 bits per heavy atom. The molecular formula is C77H140O6. The Morgan fingerprint density at radius 2 is 0.470 bits per heavy atom. The van der Waals surface area contributed by atoms with Crippen molar-refractivity contribution < 1.29 is 28.6 Å². The Bertz CT molecular complexity index is 1470. The minimum absolute atomic E-state index is 0.0920. The molecule has 0 rings (SSSR count). The summed E-state index contributed by atoms with van der Waals surface area (Å²) in [6.07, 6.45) is 92.9. The number of allylic oxidation sites excluding steroid dienone is 10.